The van der Waals surface area contributed by atoms with Gasteiger partial charge in [-0.2, -0.15) is 10.2 Å². The third-order valence-electron chi connectivity index (χ3n) is 2.96. The fraction of sp³-hybridized carbons (Fsp3) is 0.125. The van der Waals surface area contributed by atoms with Crippen LogP contribution in [0.25, 0.3) is 0 Å². The van der Waals surface area contributed by atoms with Crippen LogP contribution in [0.3, 0.4) is 0 Å². The molecule has 0 amide bonds. The maximum Gasteiger partial charge on any atom is 0.0672 e. The van der Waals surface area contributed by atoms with Crippen molar-refractivity contribution in [2.75, 3.05) is 11.5 Å². The average Bonchev–Trinajstić information content (AvgIpc) is 2.44. The number of nitrogens with two attached hydrogens (primary N) is 2. The molecule has 4 nitrogen and oxygen atoms in total. The van der Waals surface area contributed by atoms with Gasteiger partial charge in [0.2, 0.25) is 0 Å². The lowest BCUT2D eigenvalue weighted by Crippen LogP contribution is -1.98. The van der Waals surface area contributed by atoms with Gasteiger partial charge in [-0.05, 0) is 49.2 Å². The first-order valence-electron chi connectivity index (χ1n) is 6.37. The van der Waals surface area contributed by atoms with E-state index in [9.17, 15) is 0 Å². The van der Waals surface area contributed by atoms with E-state index in [0.29, 0.717) is 11.4 Å². The zero-order valence-corrected chi connectivity index (χ0v) is 11.7. The highest BCUT2D eigenvalue weighted by Gasteiger charge is 1.99. The predicted octanol–water partition coefficient (Wildman–Crippen LogP) is 3.08. The lowest BCUT2D eigenvalue weighted by molar-refractivity contribution is 1.22. The van der Waals surface area contributed by atoms with E-state index >= 15 is 0 Å². The molecule has 0 aliphatic carbocycles. The Bertz CT molecular complexity index is 612. The van der Waals surface area contributed by atoms with E-state index in [2.05, 4.69) is 10.2 Å². The van der Waals surface area contributed by atoms with Crippen molar-refractivity contribution in [3.8, 4) is 0 Å². The van der Waals surface area contributed by atoms with E-state index in [-0.39, 0.29) is 0 Å². The van der Waals surface area contributed by atoms with Crippen molar-refractivity contribution in [3.05, 3.63) is 59.7 Å². The number of hydrogen-bond donors (Lipinski definition) is 2. The number of hydrogen-bond acceptors (Lipinski definition) is 4. The van der Waals surface area contributed by atoms with Gasteiger partial charge in [0.05, 0.1) is 11.4 Å². The maximum absolute atomic E-state index is 5.76. The van der Waals surface area contributed by atoms with Crippen molar-refractivity contribution in [3.63, 3.8) is 0 Å². The molecule has 4 heteroatoms. The number of anilines is 2. The molecule has 2 rings (SSSR count). The summed E-state index contributed by atoms with van der Waals surface area (Å²) in [5, 5.41) is 8.50. The van der Waals surface area contributed by atoms with Crippen LogP contribution in [-0.2, 0) is 0 Å². The monoisotopic (exact) mass is 266 g/mol. The molecule has 2 aromatic rings. The van der Waals surface area contributed by atoms with Gasteiger partial charge in [0.25, 0.3) is 0 Å². The van der Waals surface area contributed by atoms with Crippen LogP contribution in [0.15, 0.2) is 58.7 Å². The highest BCUT2D eigenvalue weighted by Crippen LogP contribution is 2.10. The molecule has 0 spiro atoms. The number of nitrogens with zero attached hydrogens (tertiary/aromatic N) is 2. The second kappa shape index (κ2) is 6.02. The maximum atomic E-state index is 5.76. The zero-order valence-electron chi connectivity index (χ0n) is 11.7. The standard InChI is InChI=1S/C16H18N4/c1-11(13-5-3-7-15(17)9-13)19-20-12(2)14-6-4-8-16(18)10-14/h3-10H,17-18H2,1-2H3/b19-11+,20-12?. The van der Waals surface area contributed by atoms with Crippen LogP contribution in [0, 0.1) is 0 Å². The predicted molar refractivity (Wildman–Crippen MR) is 86.1 cm³/mol. The normalized spacial score (nSPS) is 12.5. The van der Waals surface area contributed by atoms with Crippen molar-refractivity contribution >= 4 is 22.8 Å². The molecule has 0 saturated carbocycles. The molecule has 102 valence electrons. The molecule has 0 unspecified atom stereocenters. The van der Waals surface area contributed by atoms with Gasteiger partial charge in [-0.3, -0.25) is 0 Å². The molecule has 20 heavy (non-hydrogen) atoms. The van der Waals surface area contributed by atoms with Gasteiger partial charge >= 0.3 is 0 Å². The van der Waals surface area contributed by atoms with E-state index in [4.69, 9.17) is 11.5 Å². The highest BCUT2D eigenvalue weighted by atomic mass is 15.2. The van der Waals surface area contributed by atoms with E-state index in [1.165, 1.54) is 0 Å². The van der Waals surface area contributed by atoms with Gasteiger partial charge < -0.3 is 11.5 Å². The smallest absolute Gasteiger partial charge is 0.0672 e. The van der Waals surface area contributed by atoms with Crippen molar-refractivity contribution in [1.29, 1.82) is 0 Å². The Kier molecular flexibility index (Phi) is 4.15. The lowest BCUT2D eigenvalue weighted by atomic mass is 10.1. The van der Waals surface area contributed by atoms with Crippen LogP contribution in [0.1, 0.15) is 25.0 Å². The number of benzene rings is 2. The van der Waals surface area contributed by atoms with E-state index in [1.807, 2.05) is 62.4 Å². The minimum atomic E-state index is 0.716. The lowest BCUT2D eigenvalue weighted by Gasteiger charge is -2.02. The van der Waals surface area contributed by atoms with Crippen LogP contribution in [-0.4, -0.2) is 11.4 Å². The Morgan fingerprint density at radius 3 is 1.50 bits per heavy atom. The highest BCUT2D eigenvalue weighted by molar-refractivity contribution is 6.02. The number of rotatable bonds is 3. The van der Waals surface area contributed by atoms with E-state index in [1.54, 1.807) is 0 Å². The minimum absolute atomic E-state index is 0.716. The second-order valence-corrected chi connectivity index (χ2v) is 4.62. The molecule has 0 saturated heterocycles. The summed E-state index contributed by atoms with van der Waals surface area (Å²) in [6.07, 6.45) is 0. The Morgan fingerprint density at radius 1 is 0.750 bits per heavy atom. The summed E-state index contributed by atoms with van der Waals surface area (Å²) < 4.78 is 0. The summed E-state index contributed by atoms with van der Waals surface area (Å²) >= 11 is 0. The van der Waals surface area contributed by atoms with Crippen molar-refractivity contribution < 1.29 is 0 Å². The molecule has 0 heterocycles. The van der Waals surface area contributed by atoms with Gasteiger partial charge in [-0.15, -0.1) is 0 Å². The minimum Gasteiger partial charge on any atom is -0.399 e. The van der Waals surface area contributed by atoms with Gasteiger partial charge in [0.15, 0.2) is 0 Å². The van der Waals surface area contributed by atoms with Crippen molar-refractivity contribution in [1.82, 2.24) is 0 Å². The molecule has 0 bridgehead atoms. The number of nitrogen functional groups attached to an aromatic ring is 2. The quantitative estimate of drug-likeness (QED) is 0.509. The van der Waals surface area contributed by atoms with Crippen molar-refractivity contribution in [2.45, 2.75) is 13.8 Å². The Balaban J connectivity index is 2.24. The fourth-order valence-corrected chi connectivity index (χ4v) is 1.79. The molecule has 2 aromatic carbocycles. The van der Waals surface area contributed by atoms with Crippen LogP contribution in [0.4, 0.5) is 11.4 Å². The third-order valence-corrected chi connectivity index (χ3v) is 2.96. The van der Waals surface area contributed by atoms with Gasteiger partial charge in [0.1, 0.15) is 0 Å². The topological polar surface area (TPSA) is 76.8 Å². The second-order valence-electron chi connectivity index (χ2n) is 4.62. The first kappa shape index (κ1) is 13.8. The Labute approximate surface area is 118 Å². The van der Waals surface area contributed by atoms with Gasteiger partial charge in [-0.25, -0.2) is 0 Å². The van der Waals surface area contributed by atoms with Gasteiger partial charge in [0, 0.05) is 11.4 Å². The molecule has 0 aliphatic heterocycles. The Hall–Kier alpha value is -2.62. The summed E-state index contributed by atoms with van der Waals surface area (Å²) in [6.45, 7) is 3.82. The molecule has 4 N–H and O–H groups in total. The van der Waals surface area contributed by atoms with Gasteiger partial charge in [-0.1, -0.05) is 24.3 Å². The van der Waals surface area contributed by atoms with Crippen molar-refractivity contribution in [2.24, 2.45) is 10.2 Å². The average molecular weight is 266 g/mol. The largest absolute Gasteiger partial charge is 0.399 e. The van der Waals surface area contributed by atoms with Crippen LogP contribution in [0.2, 0.25) is 0 Å². The van der Waals surface area contributed by atoms with E-state index < -0.39 is 0 Å². The molecule has 0 aromatic heterocycles. The van der Waals surface area contributed by atoms with Crippen LogP contribution in [0.5, 0.6) is 0 Å². The molecule has 0 fully saturated rings. The first-order valence-corrected chi connectivity index (χ1v) is 6.37. The van der Waals surface area contributed by atoms with Crippen LogP contribution < -0.4 is 11.5 Å². The Morgan fingerprint density at radius 2 is 1.15 bits per heavy atom. The first-order chi connectivity index (χ1) is 9.56. The summed E-state index contributed by atoms with van der Waals surface area (Å²) in [4.78, 5) is 0. The summed E-state index contributed by atoms with van der Waals surface area (Å²) in [7, 11) is 0. The summed E-state index contributed by atoms with van der Waals surface area (Å²) in [5.74, 6) is 0. The fourth-order valence-electron chi connectivity index (χ4n) is 1.79. The molecule has 0 aliphatic rings. The summed E-state index contributed by atoms with van der Waals surface area (Å²) in [5.41, 5.74) is 16.5. The summed E-state index contributed by atoms with van der Waals surface area (Å²) in [6, 6.07) is 15.2. The zero-order chi connectivity index (χ0) is 14.5. The molecular weight excluding hydrogens is 248 g/mol. The molecular formula is C16H18N4. The van der Waals surface area contributed by atoms with Crippen LogP contribution >= 0.6 is 0 Å². The third kappa shape index (κ3) is 3.45. The molecule has 0 atom stereocenters. The van der Waals surface area contributed by atoms with E-state index in [0.717, 1.165) is 22.6 Å². The molecule has 0 radical (unpaired) electrons. The SMILES string of the molecule is CC(=N/N=C(\C)c1cccc(N)c1)c1cccc(N)c1.